The predicted octanol–water partition coefficient (Wildman–Crippen LogP) is 3.21. The highest BCUT2D eigenvalue weighted by Gasteiger charge is 2.29. The minimum absolute atomic E-state index is 0.0263. The molecule has 4 rings (SSSR count). The van der Waals surface area contributed by atoms with Gasteiger partial charge < -0.3 is 14.5 Å². The quantitative estimate of drug-likeness (QED) is 0.676. The van der Waals surface area contributed by atoms with Gasteiger partial charge in [0.25, 0.3) is 11.8 Å². The van der Waals surface area contributed by atoms with E-state index in [0.717, 1.165) is 38.2 Å². The number of piperazine rings is 1. The van der Waals surface area contributed by atoms with E-state index in [1.165, 1.54) is 6.42 Å². The van der Waals surface area contributed by atoms with Crippen molar-refractivity contribution in [1.29, 1.82) is 0 Å². The van der Waals surface area contributed by atoms with E-state index in [2.05, 4.69) is 23.7 Å². The first-order chi connectivity index (χ1) is 16.0. The molecule has 2 saturated heterocycles. The Morgan fingerprint density at radius 2 is 1.67 bits per heavy atom. The molecule has 2 fully saturated rings. The maximum atomic E-state index is 12.9. The Labute approximate surface area is 196 Å². The minimum atomic E-state index is 0.0263. The molecule has 2 amide bonds. The molecule has 33 heavy (non-hydrogen) atoms. The third-order valence-electron chi connectivity index (χ3n) is 6.72. The van der Waals surface area contributed by atoms with E-state index in [4.69, 9.17) is 4.74 Å². The average molecular weight is 451 g/mol. The van der Waals surface area contributed by atoms with Gasteiger partial charge in [0.05, 0.1) is 5.69 Å². The molecule has 1 aromatic heterocycles. The van der Waals surface area contributed by atoms with Crippen LogP contribution in [0.1, 0.15) is 49.2 Å². The Morgan fingerprint density at radius 1 is 0.970 bits per heavy atom. The molecule has 176 valence electrons. The molecular formula is C26H34N4O3. The molecule has 7 nitrogen and oxygen atoms in total. The fraction of sp³-hybridized carbons (Fsp3) is 0.500. The first-order valence-corrected chi connectivity index (χ1v) is 12.0. The monoisotopic (exact) mass is 450 g/mol. The van der Waals surface area contributed by atoms with Crippen LogP contribution < -0.4 is 4.74 Å². The van der Waals surface area contributed by atoms with Gasteiger partial charge in [-0.25, -0.2) is 0 Å². The van der Waals surface area contributed by atoms with Gasteiger partial charge in [0.15, 0.2) is 6.61 Å². The molecule has 0 spiro atoms. The number of amides is 2. The van der Waals surface area contributed by atoms with Crippen molar-refractivity contribution in [3.05, 3.63) is 59.9 Å². The summed E-state index contributed by atoms with van der Waals surface area (Å²) in [5.74, 6) is 0.668. The molecular weight excluding hydrogens is 416 g/mol. The summed E-state index contributed by atoms with van der Waals surface area (Å²) in [6.07, 6.45) is 5.07. The number of ether oxygens (including phenoxy) is 1. The Balaban J connectivity index is 1.25. The summed E-state index contributed by atoms with van der Waals surface area (Å²) in [7, 11) is 0. The van der Waals surface area contributed by atoms with Crippen molar-refractivity contribution in [2.24, 2.45) is 0 Å². The zero-order valence-corrected chi connectivity index (χ0v) is 19.7. The van der Waals surface area contributed by atoms with Gasteiger partial charge in [-0.2, -0.15) is 0 Å². The zero-order valence-electron chi connectivity index (χ0n) is 19.7. The third kappa shape index (κ3) is 5.90. The lowest BCUT2D eigenvalue weighted by atomic mass is 9.97. The molecule has 1 aromatic carbocycles. The molecule has 0 radical (unpaired) electrons. The molecule has 0 bridgehead atoms. The molecule has 2 atom stereocenters. The Morgan fingerprint density at radius 3 is 2.30 bits per heavy atom. The Bertz CT molecular complexity index is 916. The number of pyridine rings is 1. The highest BCUT2D eigenvalue weighted by atomic mass is 16.5. The topological polar surface area (TPSA) is 66.0 Å². The van der Waals surface area contributed by atoms with Crippen molar-refractivity contribution >= 4 is 11.8 Å². The van der Waals surface area contributed by atoms with Gasteiger partial charge in [-0.05, 0) is 69.5 Å². The fourth-order valence-corrected chi connectivity index (χ4v) is 4.84. The van der Waals surface area contributed by atoms with Gasteiger partial charge in [0.1, 0.15) is 5.75 Å². The van der Waals surface area contributed by atoms with E-state index < -0.39 is 0 Å². The first-order valence-electron chi connectivity index (χ1n) is 12.0. The van der Waals surface area contributed by atoms with Crippen molar-refractivity contribution < 1.29 is 14.3 Å². The van der Waals surface area contributed by atoms with Crippen LogP contribution in [0.15, 0.2) is 48.7 Å². The van der Waals surface area contributed by atoms with Gasteiger partial charge in [-0.15, -0.1) is 0 Å². The lowest BCUT2D eigenvalue weighted by molar-refractivity contribution is -0.139. The van der Waals surface area contributed by atoms with Crippen LogP contribution in [0, 0.1) is 0 Å². The highest BCUT2D eigenvalue weighted by molar-refractivity contribution is 5.94. The van der Waals surface area contributed by atoms with E-state index in [1.54, 1.807) is 24.3 Å². The summed E-state index contributed by atoms with van der Waals surface area (Å²) >= 11 is 0. The molecule has 2 unspecified atom stereocenters. The average Bonchev–Trinajstić information content (AvgIpc) is 2.84. The van der Waals surface area contributed by atoms with Crippen molar-refractivity contribution in [3.8, 4) is 5.75 Å². The van der Waals surface area contributed by atoms with Crippen molar-refractivity contribution in [1.82, 2.24) is 19.7 Å². The SMILES string of the molecule is CC1CCCC(C)N1C(=O)COc1ccc(C(=O)N2CCN(Cc3ccccn3)CC2)cc1. The smallest absolute Gasteiger partial charge is 0.260 e. The van der Waals surface area contributed by atoms with Gasteiger partial charge in [-0.1, -0.05) is 6.07 Å². The molecule has 2 aromatic rings. The fourth-order valence-electron chi connectivity index (χ4n) is 4.84. The molecule has 2 aliphatic heterocycles. The summed E-state index contributed by atoms with van der Waals surface area (Å²) < 4.78 is 5.74. The standard InChI is InChI=1S/C26H34N4O3/c1-20-6-5-7-21(2)30(20)25(31)19-33-24-11-9-22(10-12-24)26(32)29-16-14-28(15-17-29)18-23-8-3-4-13-27-23/h3-4,8-13,20-21H,5-7,14-19H2,1-2H3. The molecule has 7 heteroatoms. The summed E-state index contributed by atoms with van der Waals surface area (Å²) in [5, 5.41) is 0. The number of hydrogen-bond acceptors (Lipinski definition) is 5. The van der Waals surface area contributed by atoms with Gasteiger partial charge in [-0.3, -0.25) is 19.5 Å². The number of nitrogens with zero attached hydrogens (tertiary/aromatic N) is 4. The molecule has 0 aliphatic carbocycles. The minimum Gasteiger partial charge on any atom is -0.484 e. The Hall–Kier alpha value is -2.93. The number of benzene rings is 1. The number of aromatic nitrogens is 1. The maximum absolute atomic E-state index is 12.9. The van der Waals surface area contributed by atoms with Gasteiger partial charge in [0, 0.05) is 56.6 Å². The molecule has 0 saturated carbocycles. The van der Waals surface area contributed by atoms with Crippen LogP contribution in [0.2, 0.25) is 0 Å². The zero-order chi connectivity index (χ0) is 23.2. The van der Waals surface area contributed by atoms with Crippen LogP contribution in [-0.4, -0.2) is 76.4 Å². The number of hydrogen-bond donors (Lipinski definition) is 0. The van der Waals surface area contributed by atoms with E-state index in [0.29, 0.717) is 24.4 Å². The lowest BCUT2D eigenvalue weighted by Crippen LogP contribution is -2.49. The van der Waals surface area contributed by atoms with Crippen LogP contribution in [0.3, 0.4) is 0 Å². The molecule has 2 aliphatic rings. The first kappa shape index (κ1) is 23.2. The van der Waals surface area contributed by atoms with Crippen LogP contribution in [0.4, 0.5) is 0 Å². The second kappa shape index (κ2) is 10.8. The maximum Gasteiger partial charge on any atom is 0.260 e. The number of likely N-dealkylation sites (tertiary alicyclic amines) is 1. The largest absolute Gasteiger partial charge is 0.484 e. The van der Waals surface area contributed by atoms with Gasteiger partial charge >= 0.3 is 0 Å². The number of carbonyl (C=O) groups excluding carboxylic acids is 2. The predicted molar refractivity (Wildman–Crippen MR) is 127 cm³/mol. The number of carbonyl (C=O) groups is 2. The van der Waals surface area contributed by atoms with Crippen LogP contribution in [0.25, 0.3) is 0 Å². The second-order valence-electron chi connectivity index (χ2n) is 9.13. The van der Waals surface area contributed by atoms with Crippen molar-refractivity contribution in [2.75, 3.05) is 32.8 Å². The highest BCUT2D eigenvalue weighted by Crippen LogP contribution is 2.23. The number of rotatable bonds is 6. The molecule has 0 N–H and O–H groups in total. The van der Waals surface area contributed by atoms with E-state index in [1.807, 2.05) is 34.2 Å². The van der Waals surface area contributed by atoms with Crippen molar-refractivity contribution in [2.45, 2.75) is 51.7 Å². The third-order valence-corrected chi connectivity index (χ3v) is 6.72. The van der Waals surface area contributed by atoms with E-state index >= 15 is 0 Å². The second-order valence-corrected chi connectivity index (χ2v) is 9.13. The van der Waals surface area contributed by atoms with E-state index in [-0.39, 0.29) is 30.5 Å². The summed E-state index contributed by atoms with van der Waals surface area (Å²) in [4.78, 5) is 36.1. The summed E-state index contributed by atoms with van der Waals surface area (Å²) in [6, 6.07) is 13.6. The van der Waals surface area contributed by atoms with Crippen LogP contribution in [-0.2, 0) is 11.3 Å². The number of piperidine rings is 1. The normalized spacial score (nSPS) is 21.6. The summed E-state index contributed by atoms with van der Waals surface area (Å²) in [6.45, 7) is 8.11. The van der Waals surface area contributed by atoms with Crippen LogP contribution >= 0.6 is 0 Å². The van der Waals surface area contributed by atoms with Crippen LogP contribution in [0.5, 0.6) is 5.75 Å². The lowest BCUT2D eigenvalue weighted by Gasteiger charge is -2.39. The molecule has 3 heterocycles. The van der Waals surface area contributed by atoms with E-state index in [9.17, 15) is 9.59 Å². The Kier molecular flexibility index (Phi) is 7.60. The van der Waals surface area contributed by atoms with Crippen molar-refractivity contribution in [3.63, 3.8) is 0 Å². The summed E-state index contributed by atoms with van der Waals surface area (Å²) in [5.41, 5.74) is 1.70. The van der Waals surface area contributed by atoms with Gasteiger partial charge in [0.2, 0.25) is 0 Å².